The van der Waals surface area contributed by atoms with Gasteiger partial charge in [0.1, 0.15) is 0 Å². The lowest BCUT2D eigenvalue weighted by molar-refractivity contribution is -0.133. The van der Waals surface area contributed by atoms with Crippen LogP contribution in [-0.4, -0.2) is 55.0 Å². The molecule has 4 nitrogen and oxygen atoms in total. The van der Waals surface area contributed by atoms with Crippen LogP contribution in [0.25, 0.3) is 0 Å². The van der Waals surface area contributed by atoms with Crippen molar-refractivity contribution >= 4 is 5.91 Å². The maximum absolute atomic E-state index is 11.8. The summed E-state index contributed by atoms with van der Waals surface area (Å²) in [4.78, 5) is 16.0. The van der Waals surface area contributed by atoms with Crippen LogP contribution in [-0.2, 0) is 4.79 Å². The van der Waals surface area contributed by atoms with E-state index in [2.05, 4.69) is 11.9 Å². The Hall–Kier alpha value is -0.610. The molecule has 0 radical (unpaired) electrons. The minimum Gasteiger partial charge on any atom is -0.343 e. The quantitative estimate of drug-likeness (QED) is 0.732. The Morgan fingerprint density at radius 1 is 1.53 bits per heavy atom. The van der Waals surface area contributed by atoms with E-state index in [1.807, 2.05) is 18.9 Å². The van der Waals surface area contributed by atoms with Crippen molar-refractivity contribution < 1.29 is 4.79 Å². The molecule has 1 aliphatic rings. The molecule has 1 unspecified atom stereocenters. The molecule has 0 aromatic rings. The normalized spacial score (nSPS) is 21.3. The first-order valence-electron chi connectivity index (χ1n) is 5.70. The molecule has 0 aromatic heterocycles. The zero-order chi connectivity index (χ0) is 11.4. The van der Waals surface area contributed by atoms with E-state index < -0.39 is 0 Å². The topological polar surface area (TPSA) is 49.6 Å². The molecule has 2 N–H and O–H groups in total. The third-order valence-electron chi connectivity index (χ3n) is 3.13. The maximum atomic E-state index is 11.8. The van der Waals surface area contributed by atoms with Crippen LogP contribution in [0.2, 0.25) is 0 Å². The van der Waals surface area contributed by atoms with Crippen molar-refractivity contribution in [3.05, 3.63) is 0 Å². The summed E-state index contributed by atoms with van der Waals surface area (Å²) in [5.41, 5.74) is 5.63. The summed E-state index contributed by atoms with van der Waals surface area (Å²) in [6, 6.07) is 0.374. The van der Waals surface area contributed by atoms with Crippen molar-refractivity contribution in [2.75, 3.05) is 27.2 Å². The van der Waals surface area contributed by atoms with Gasteiger partial charge in [0, 0.05) is 25.6 Å². The molecule has 1 fully saturated rings. The van der Waals surface area contributed by atoms with Gasteiger partial charge in [-0.15, -0.1) is 0 Å². The molecule has 0 spiro atoms. The molecule has 1 heterocycles. The van der Waals surface area contributed by atoms with Gasteiger partial charge in [-0.1, -0.05) is 0 Å². The summed E-state index contributed by atoms with van der Waals surface area (Å²) >= 11 is 0. The number of hydrogen-bond donors (Lipinski definition) is 1. The van der Waals surface area contributed by atoms with E-state index in [0.29, 0.717) is 12.5 Å². The summed E-state index contributed by atoms with van der Waals surface area (Å²) in [5.74, 6) is 0.180. The Kier molecular flexibility index (Phi) is 4.54. The predicted molar refractivity (Wildman–Crippen MR) is 61.6 cm³/mol. The van der Waals surface area contributed by atoms with Gasteiger partial charge in [-0.25, -0.2) is 0 Å². The van der Waals surface area contributed by atoms with Crippen LogP contribution in [0.4, 0.5) is 0 Å². The first kappa shape index (κ1) is 12.5. The van der Waals surface area contributed by atoms with Crippen LogP contribution in [0.3, 0.4) is 0 Å². The molecule has 0 aliphatic carbocycles. The standard InChI is InChI=1S/C11H23N3O/c1-9(12)8-11(15)14(3)10-4-6-13(2)7-5-10/h9-10H,4-8,12H2,1-3H3. The number of carbonyl (C=O) groups is 1. The minimum absolute atomic E-state index is 0.0359. The van der Waals surface area contributed by atoms with Gasteiger partial charge in [0.05, 0.1) is 0 Å². The van der Waals surface area contributed by atoms with Crippen molar-refractivity contribution in [1.29, 1.82) is 0 Å². The second-order valence-corrected chi connectivity index (χ2v) is 4.72. The van der Waals surface area contributed by atoms with Crippen LogP contribution in [0, 0.1) is 0 Å². The molecular formula is C11H23N3O. The van der Waals surface area contributed by atoms with Gasteiger partial charge in [0.2, 0.25) is 5.91 Å². The lowest BCUT2D eigenvalue weighted by Crippen LogP contribution is -2.45. The van der Waals surface area contributed by atoms with Gasteiger partial charge >= 0.3 is 0 Å². The third-order valence-corrected chi connectivity index (χ3v) is 3.13. The number of hydrogen-bond acceptors (Lipinski definition) is 3. The van der Waals surface area contributed by atoms with Crippen LogP contribution in [0.1, 0.15) is 26.2 Å². The van der Waals surface area contributed by atoms with Gasteiger partial charge in [0.15, 0.2) is 0 Å². The molecule has 1 atom stereocenters. The van der Waals surface area contributed by atoms with Crippen molar-refractivity contribution in [2.24, 2.45) is 5.73 Å². The Balaban J connectivity index is 2.39. The lowest BCUT2D eigenvalue weighted by Gasteiger charge is -2.35. The number of piperidine rings is 1. The van der Waals surface area contributed by atoms with Crippen LogP contribution in [0.5, 0.6) is 0 Å². The van der Waals surface area contributed by atoms with Gasteiger partial charge < -0.3 is 15.5 Å². The first-order chi connectivity index (χ1) is 7.00. The van der Waals surface area contributed by atoms with E-state index in [0.717, 1.165) is 25.9 Å². The fraction of sp³-hybridized carbons (Fsp3) is 0.909. The highest BCUT2D eigenvalue weighted by Gasteiger charge is 2.23. The van der Waals surface area contributed by atoms with Crippen LogP contribution < -0.4 is 5.73 Å². The third kappa shape index (κ3) is 3.80. The van der Waals surface area contributed by atoms with E-state index in [1.165, 1.54) is 0 Å². The number of nitrogens with zero attached hydrogens (tertiary/aromatic N) is 2. The van der Waals surface area contributed by atoms with E-state index in [1.54, 1.807) is 0 Å². The van der Waals surface area contributed by atoms with E-state index in [-0.39, 0.29) is 11.9 Å². The average Bonchev–Trinajstić information content (AvgIpc) is 2.17. The van der Waals surface area contributed by atoms with Crippen LogP contribution >= 0.6 is 0 Å². The van der Waals surface area contributed by atoms with Gasteiger partial charge in [-0.05, 0) is 39.9 Å². The van der Waals surface area contributed by atoms with Crippen molar-refractivity contribution in [3.8, 4) is 0 Å². The predicted octanol–water partition coefficient (Wildman–Crippen LogP) is 0.276. The summed E-state index contributed by atoms with van der Waals surface area (Å²) in [6.07, 6.45) is 2.62. The van der Waals surface area contributed by atoms with Crippen molar-refractivity contribution in [3.63, 3.8) is 0 Å². The second-order valence-electron chi connectivity index (χ2n) is 4.72. The SMILES string of the molecule is CC(N)CC(=O)N(C)C1CCN(C)CC1. The minimum atomic E-state index is -0.0359. The lowest BCUT2D eigenvalue weighted by atomic mass is 10.0. The zero-order valence-electron chi connectivity index (χ0n) is 10.1. The maximum Gasteiger partial charge on any atom is 0.224 e. The number of likely N-dealkylation sites (tertiary alicyclic amines) is 1. The van der Waals surface area contributed by atoms with Gasteiger partial charge in [-0.2, -0.15) is 0 Å². The summed E-state index contributed by atoms with van der Waals surface area (Å²) in [6.45, 7) is 4.04. The molecule has 1 rings (SSSR count). The van der Waals surface area contributed by atoms with E-state index in [9.17, 15) is 4.79 Å². The monoisotopic (exact) mass is 213 g/mol. The molecule has 0 saturated carbocycles. The van der Waals surface area contributed by atoms with E-state index in [4.69, 9.17) is 5.73 Å². The number of rotatable bonds is 3. The first-order valence-corrected chi connectivity index (χ1v) is 5.70. The number of amides is 1. The second kappa shape index (κ2) is 5.47. The smallest absolute Gasteiger partial charge is 0.224 e. The zero-order valence-corrected chi connectivity index (χ0v) is 10.1. The summed E-state index contributed by atoms with van der Waals surface area (Å²) in [5, 5.41) is 0. The Morgan fingerprint density at radius 3 is 2.53 bits per heavy atom. The average molecular weight is 213 g/mol. The molecule has 1 saturated heterocycles. The number of nitrogens with two attached hydrogens (primary N) is 1. The highest BCUT2D eigenvalue weighted by Crippen LogP contribution is 2.14. The van der Waals surface area contributed by atoms with Gasteiger partial charge in [0.25, 0.3) is 0 Å². The molecular weight excluding hydrogens is 190 g/mol. The van der Waals surface area contributed by atoms with Gasteiger partial charge in [-0.3, -0.25) is 4.79 Å². The fourth-order valence-corrected chi connectivity index (χ4v) is 2.01. The highest BCUT2D eigenvalue weighted by molar-refractivity contribution is 5.76. The molecule has 1 amide bonds. The van der Waals surface area contributed by atoms with Crippen LogP contribution in [0.15, 0.2) is 0 Å². The molecule has 15 heavy (non-hydrogen) atoms. The Morgan fingerprint density at radius 2 is 2.07 bits per heavy atom. The Bertz CT molecular complexity index is 210. The molecule has 88 valence electrons. The molecule has 1 aliphatic heterocycles. The molecule has 0 bridgehead atoms. The Labute approximate surface area is 92.4 Å². The highest BCUT2D eigenvalue weighted by atomic mass is 16.2. The van der Waals surface area contributed by atoms with E-state index >= 15 is 0 Å². The largest absolute Gasteiger partial charge is 0.343 e. The summed E-state index contributed by atoms with van der Waals surface area (Å²) < 4.78 is 0. The van der Waals surface area contributed by atoms with Crippen molar-refractivity contribution in [1.82, 2.24) is 9.80 Å². The van der Waals surface area contributed by atoms with Crippen molar-refractivity contribution in [2.45, 2.75) is 38.3 Å². The molecule has 4 heteroatoms. The molecule has 0 aromatic carbocycles. The number of carbonyl (C=O) groups excluding carboxylic acids is 1. The summed E-state index contributed by atoms with van der Waals surface area (Å²) in [7, 11) is 4.03. The fourth-order valence-electron chi connectivity index (χ4n) is 2.01.